The van der Waals surface area contributed by atoms with Crippen LogP contribution in [0.15, 0.2) is 61.4 Å². The van der Waals surface area contributed by atoms with Crippen LogP contribution in [0.4, 0.5) is 0 Å². The fourth-order valence-corrected chi connectivity index (χ4v) is 2.86. The summed E-state index contributed by atoms with van der Waals surface area (Å²) in [4.78, 5) is 0.408. The summed E-state index contributed by atoms with van der Waals surface area (Å²) in [6, 6.07) is 11.6. The minimum atomic E-state index is -0.109. The van der Waals surface area contributed by atoms with E-state index in [0.717, 1.165) is 5.56 Å². The highest BCUT2D eigenvalue weighted by Crippen LogP contribution is 2.24. The topological polar surface area (TPSA) is 39.0 Å². The Labute approximate surface area is 161 Å². The van der Waals surface area contributed by atoms with E-state index in [1.807, 2.05) is 55.7 Å². The van der Waals surface area contributed by atoms with Crippen molar-refractivity contribution in [2.24, 2.45) is 0 Å². The highest BCUT2D eigenvalue weighted by Gasteiger charge is 2.19. The Hall–Kier alpha value is -2.46. The van der Waals surface area contributed by atoms with Gasteiger partial charge in [-0.1, -0.05) is 63.3 Å². The molecule has 0 atom stereocenters. The number of thiocarbonyl (C=S) groups is 1. The molecule has 4 heteroatoms. The Morgan fingerprint density at radius 2 is 1.88 bits per heavy atom. The number of hydrogen-bond acceptors (Lipinski definition) is 2. The fraction of sp³-hybridized carbons (Fsp3) is 0.273. The van der Waals surface area contributed by atoms with Gasteiger partial charge in [0.25, 0.3) is 0 Å². The van der Waals surface area contributed by atoms with Crippen LogP contribution in [0.25, 0.3) is 11.5 Å². The van der Waals surface area contributed by atoms with E-state index in [4.69, 9.17) is 12.2 Å². The van der Waals surface area contributed by atoms with Crippen molar-refractivity contribution < 1.29 is 9.67 Å². The van der Waals surface area contributed by atoms with E-state index >= 15 is 0 Å². The maximum absolute atomic E-state index is 13.2. The Morgan fingerprint density at radius 1 is 1.23 bits per heavy atom. The molecule has 0 fully saturated rings. The van der Waals surface area contributed by atoms with Gasteiger partial charge in [0.15, 0.2) is 17.4 Å². The minimum absolute atomic E-state index is 0.0419. The minimum Gasteiger partial charge on any atom is -0.867 e. The molecule has 0 radical (unpaired) electrons. The zero-order valence-electron chi connectivity index (χ0n) is 15.9. The van der Waals surface area contributed by atoms with Crippen LogP contribution in [0, 0.1) is 6.92 Å². The molecular weight excluding hydrogens is 340 g/mol. The number of aromatic nitrogens is 1. The second-order valence-electron chi connectivity index (χ2n) is 7.29. The van der Waals surface area contributed by atoms with Crippen molar-refractivity contribution in [3.63, 3.8) is 0 Å². The van der Waals surface area contributed by atoms with Gasteiger partial charge in [-0.2, -0.15) is 4.57 Å². The summed E-state index contributed by atoms with van der Waals surface area (Å²) < 4.78 is 1.79. The lowest BCUT2D eigenvalue weighted by molar-refractivity contribution is -0.578. The monoisotopic (exact) mass is 366 g/mol. The van der Waals surface area contributed by atoms with Crippen molar-refractivity contribution >= 4 is 28.7 Å². The Bertz CT molecular complexity index is 830. The van der Waals surface area contributed by atoms with Crippen molar-refractivity contribution in [3.8, 4) is 0 Å². The summed E-state index contributed by atoms with van der Waals surface area (Å²) >= 11 is 5.49. The molecule has 1 aromatic carbocycles. The molecule has 1 N–H and O–H groups in total. The predicted molar refractivity (Wildman–Crippen MR) is 110 cm³/mol. The van der Waals surface area contributed by atoms with Gasteiger partial charge < -0.3 is 10.4 Å². The number of rotatable bonds is 5. The molecule has 0 aliphatic rings. The van der Waals surface area contributed by atoms with Gasteiger partial charge >= 0.3 is 0 Å². The first-order chi connectivity index (χ1) is 12.2. The smallest absolute Gasteiger partial charge is 0.237 e. The highest BCUT2D eigenvalue weighted by molar-refractivity contribution is 7.81. The van der Waals surface area contributed by atoms with Crippen LogP contribution in [-0.4, -0.2) is 11.5 Å². The van der Waals surface area contributed by atoms with Crippen LogP contribution in [0.3, 0.4) is 0 Å². The molecule has 0 amide bonds. The van der Waals surface area contributed by atoms with Gasteiger partial charge in [-0.15, -0.1) is 6.58 Å². The average molecular weight is 367 g/mol. The van der Waals surface area contributed by atoms with E-state index in [1.165, 1.54) is 5.56 Å². The molecule has 2 aromatic rings. The fourth-order valence-electron chi connectivity index (χ4n) is 2.58. The molecule has 1 heterocycles. The summed E-state index contributed by atoms with van der Waals surface area (Å²) in [6.07, 6.45) is 5.46. The van der Waals surface area contributed by atoms with Crippen LogP contribution >= 0.6 is 12.2 Å². The highest BCUT2D eigenvalue weighted by atomic mass is 32.1. The molecule has 0 unspecified atom stereocenters. The van der Waals surface area contributed by atoms with Gasteiger partial charge in [0.2, 0.25) is 5.70 Å². The zero-order chi connectivity index (χ0) is 19.3. The molecule has 26 heavy (non-hydrogen) atoms. The van der Waals surface area contributed by atoms with Crippen molar-refractivity contribution in [2.75, 3.05) is 6.54 Å². The summed E-state index contributed by atoms with van der Waals surface area (Å²) in [5, 5.41) is 16.3. The summed E-state index contributed by atoms with van der Waals surface area (Å²) in [6.45, 7) is 12.6. The van der Waals surface area contributed by atoms with Crippen LogP contribution < -0.4 is 15.0 Å². The lowest BCUT2D eigenvalue weighted by atomic mass is 9.86. The van der Waals surface area contributed by atoms with Crippen molar-refractivity contribution in [1.29, 1.82) is 0 Å². The van der Waals surface area contributed by atoms with E-state index < -0.39 is 0 Å². The SMILES string of the molecule is C=CCNC(=S)/C(=C(\[O-])c1ccc(C(C)(C)C)cc1)[n+]1cccc(C)c1. The molecule has 0 spiro atoms. The molecule has 0 aliphatic carbocycles. The maximum atomic E-state index is 13.2. The van der Waals surface area contributed by atoms with Gasteiger partial charge in [0, 0.05) is 18.2 Å². The third-order valence-corrected chi connectivity index (χ3v) is 4.39. The standard InChI is InChI=1S/C22H26N2OS/c1-6-13-23-21(26)19(24-14-7-8-16(2)15-24)20(25)17-9-11-18(12-10-17)22(3,4)5/h6-12,14-15H,1,13H2,2-5H3,(H-,23,25,26). The Kier molecular flexibility index (Phi) is 6.32. The van der Waals surface area contributed by atoms with E-state index in [9.17, 15) is 5.11 Å². The summed E-state index contributed by atoms with van der Waals surface area (Å²) in [5.74, 6) is -0.109. The van der Waals surface area contributed by atoms with Crippen LogP contribution in [0.5, 0.6) is 0 Å². The first-order valence-electron chi connectivity index (χ1n) is 8.63. The molecule has 0 aliphatic heterocycles. The van der Waals surface area contributed by atoms with Gasteiger partial charge in [0.05, 0.1) is 0 Å². The van der Waals surface area contributed by atoms with E-state index in [0.29, 0.717) is 22.8 Å². The lowest BCUT2D eigenvalue weighted by Crippen LogP contribution is -2.42. The van der Waals surface area contributed by atoms with Crippen LogP contribution in [0.2, 0.25) is 0 Å². The Balaban J connectivity index is 2.54. The van der Waals surface area contributed by atoms with E-state index in [1.54, 1.807) is 10.6 Å². The van der Waals surface area contributed by atoms with Crippen LogP contribution in [0.1, 0.15) is 37.5 Å². The number of pyridine rings is 1. The molecule has 2 rings (SSSR count). The van der Waals surface area contributed by atoms with Gasteiger partial charge in [-0.25, -0.2) is 0 Å². The van der Waals surface area contributed by atoms with Gasteiger partial charge in [-0.3, -0.25) is 0 Å². The third kappa shape index (κ3) is 4.79. The predicted octanol–water partition coefficient (Wildman–Crippen LogP) is 3.37. The van der Waals surface area contributed by atoms with Crippen LogP contribution in [-0.2, 0) is 5.41 Å². The number of benzene rings is 1. The molecule has 3 nitrogen and oxygen atoms in total. The van der Waals surface area contributed by atoms with Crippen molar-refractivity contribution in [3.05, 3.63) is 78.1 Å². The van der Waals surface area contributed by atoms with Gasteiger partial charge in [0.1, 0.15) is 0 Å². The quantitative estimate of drug-likeness (QED) is 0.290. The Morgan fingerprint density at radius 3 is 2.42 bits per heavy atom. The van der Waals surface area contributed by atoms with E-state index in [-0.39, 0.29) is 11.2 Å². The molecule has 0 bridgehead atoms. The summed E-state index contributed by atoms with van der Waals surface area (Å²) in [7, 11) is 0. The first-order valence-corrected chi connectivity index (χ1v) is 9.04. The number of aryl methyl sites for hydroxylation is 1. The molecule has 1 aromatic heterocycles. The number of hydrogen-bond donors (Lipinski definition) is 1. The third-order valence-electron chi connectivity index (χ3n) is 4.06. The molecular formula is C22H26N2OS. The first kappa shape index (κ1) is 19.9. The maximum Gasteiger partial charge on any atom is 0.237 e. The normalized spacial score (nSPS) is 12.3. The van der Waals surface area contributed by atoms with Gasteiger partial charge in [-0.05, 0) is 35.3 Å². The lowest BCUT2D eigenvalue weighted by Gasteiger charge is -2.21. The van der Waals surface area contributed by atoms with Crippen molar-refractivity contribution in [1.82, 2.24) is 5.32 Å². The second kappa shape index (κ2) is 8.28. The van der Waals surface area contributed by atoms with E-state index in [2.05, 4.69) is 32.7 Å². The molecule has 0 saturated carbocycles. The molecule has 0 saturated heterocycles. The van der Waals surface area contributed by atoms with Crippen molar-refractivity contribution in [2.45, 2.75) is 33.1 Å². The average Bonchev–Trinajstić information content (AvgIpc) is 2.59. The number of nitrogens with zero attached hydrogens (tertiary/aromatic N) is 1. The molecule has 136 valence electrons. The largest absolute Gasteiger partial charge is 0.867 e. The zero-order valence-corrected chi connectivity index (χ0v) is 16.7. The second-order valence-corrected chi connectivity index (χ2v) is 7.70. The summed E-state index contributed by atoms with van der Waals surface area (Å²) in [5.41, 5.74) is 3.33. The number of nitrogens with one attached hydrogen (secondary N) is 1.